The van der Waals surface area contributed by atoms with E-state index in [-0.39, 0.29) is 11.5 Å². The van der Waals surface area contributed by atoms with Gasteiger partial charge in [0.05, 0.1) is 0 Å². The maximum absolute atomic E-state index is 12.3. The quantitative estimate of drug-likeness (QED) is 0.871. The van der Waals surface area contributed by atoms with E-state index in [1.54, 1.807) is 31.2 Å². The van der Waals surface area contributed by atoms with Crippen LogP contribution >= 0.6 is 0 Å². The summed E-state index contributed by atoms with van der Waals surface area (Å²) in [5.74, 6) is -0.00759. The number of nitrogens with one attached hydrogen (secondary N) is 1. The molecule has 6 heteroatoms. The zero-order valence-electron chi connectivity index (χ0n) is 13.6. The molecule has 0 radical (unpaired) electrons. The summed E-state index contributed by atoms with van der Waals surface area (Å²) in [7, 11) is 0. The lowest BCUT2D eigenvalue weighted by molar-refractivity contribution is -0.130. The minimum absolute atomic E-state index is 0.0230. The van der Waals surface area contributed by atoms with E-state index in [0.29, 0.717) is 31.1 Å². The molecule has 0 saturated carbocycles. The van der Waals surface area contributed by atoms with Crippen molar-refractivity contribution in [2.24, 2.45) is 5.92 Å². The first-order valence-corrected chi connectivity index (χ1v) is 8.11. The molecule has 0 atom stereocenters. The van der Waals surface area contributed by atoms with Crippen molar-refractivity contribution >= 4 is 22.8 Å². The van der Waals surface area contributed by atoms with Crippen molar-refractivity contribution < 1.29 is 14.0 Å². The summed E-state index contributed by atoms with van der Waals surface area (Å²) in [6, 6.07) is 8.66. The van der Waals surface area contributed by atoms with E-state index in [2.05, 4.69) is 5.32 Å². The molecule has 0 aliphatic carbocycles. The van der Waals surface area contributed by atoms with Crippen LogP contribution in [0.2, 0.25) is 0 Å². The number of benzene rings is 1. The Morgan fingerprint density at radius 1 is 1.25 bits per heavy atom. The molecule has 1 saturated heterocycles. The average Bonchev–Trinajstić information content (AvgIpc) is 2.59. The molecular formula is C18H20N2O4. The summed E-state index contributed by atoms with van der Waals surface area (Å²) >= 11 is 0. The lowest BCUT2D eigenvalue weighted by Gasteiger charge is -2.31. The van der Waals surface area contributed by atoms with Gasteiger partial charge in [0.25, 0.3) is 5.91 Å². The molecule has 1 aliphatic rings. The van der Waals surface area contributed by atoms with Gasteiger partial charge in [0.1, 0.15) is 11.1 Å². The van der Waals surface area contributed by atoms with Crippen LogP contribution in [0.25, 0.3) is 11.0 Å². The SMILES string of the molecule is CC(=O)N1CCC(CNC(=O)c2cc3ccccc3oc2=O)CC1. The van der Waals surface area contributed by atoms with Gasteiger partial charge in [0.15, 0.2) is 0 Å². The molecule has 2 amide bonds. The van der Waals surface area contributed by atoms with Crippen LogP contribution < -0.4 is 10.9 Å². The highest BCUT2D eigenvalue weighted by molar-refractivity contribution is 5.96. The van der Waals surface area contributed by atoms with Crippen LogP contribution in [0.3, 0.4) is 0 Å². The molecule has 1 aliphatic heterocycles. The van der Waals surface area contributed by atoms with Gasteiger partial charge in [-0.15, -0.1) is 0 Å². The smallest absolute Gasteiger partial charge is 0.349 e. The third-order valence-corrected chi connectivity index (χ3v) is 4.50. The van der Waals surface area contributed by atoms with Gasteiger partial charge in [-0.05, 0) is 30.9 Å². The van der Waals surface area contributed by atoms with Gasteiger partial charge < -0.3 is 14.6 Å². The molecule has 3 rings (SSSR count). The zero-order chi connectivity index (χ0) is 17.1. The fourth-order valence-electron chi connectivity index (χ4n) is 3.00. The molecule has 2 heterocycles. The van der Waals surface area contributed by atoms with Crippen LogP contribution in [0, 0.1) is 5.92 Å². The van der Waals surface area contributed by atoms with E-state index in [1.807, 2.05) is 11.0 Å². The molecule has 0 bridgehead atoms. The lowest BCUT2D eigenvalue weighted by Crippen LogP contribution is -2.41. The number of hydrogen-bond donors (Lipinski definition) is 1. The lowest BCUT2D eigenvalue weighted by atomic mass is 9.96. The van der Waals surface area contributed by atoms with Crippen molar-refractivity contribution in [1.82, 2.24) is 10.2 Å². The van der Waals surface area contributed by atoms with Gasteiger partial charge in [0.2, 0.25) is 5.91 Å². The Kier molecular flexibility index (Phi) is 4.64. The molecule has 126 valence electrons. The van der Waals surface area contributed by atoms with Crippen LogP contribution in [-0.4, -0.2) is 36.3 Å². The summed E-state index contributed by atoms with van der Waals surface area (Å²) in [4.78, 5) is 37.4. The Balaban J connectivity index is 1.63. The number of para-hydroxylation sites is 1. The van der Waals surface area contributed by atoms with E-state index < -0.39 is 11.5 Å². The molecule has 24 heavy (non-hydrogen) atoms. The van der Waals surface area contributed by atoms with Crippen molar-refractivity contribution in [1.29, 1.82) is 0 Å². The van der Waals surface area contributed by atoms with Crippen LogP contribution in [0.5, 0.6) is 0 Å². The van der Waals surface area contributed by atoms with E-state index >= 15 is 0 Å². The van der Waals surface area contributed by atoms with Crippen molar-refractivity contribution in [2.45, 2.75) is 19.8 Å². The zero-order valence-corrected chi connectivity index (χ0v) is 13.6. The summed E-state index contributed by atoms with van der Waals surface area (Å²) in [6.45, 7) is 3.50. The maximum Gasteiger partial charge on any atom is 0.349 e. The van der Waals surface area contributed by atoms with Gasteiger partial charge in [-0.2, -0.15) is 0 Å². The Labute approximate surface area is 139 Å². The predicted molar refractivity (Wildman–Crippen MR) is 89.8 cm³/mol. The van der Waals surface area contributed by atoms with Crippen molar-refractivity contribution in [3.8, 4) is 0 Å². The van der Waals surface area contributed by atoms with E-state index in [4.69, 9.17) is 4.42 Å². The molecule has 0 spiro atoms. The first kappa shape index (κ1) is 16.2. The van der Waals surface area contributed by atoms with Gasteiger partial charge >= 0.3 is 5.63 Å². The predicted octanol–water partition coefficient (Wildman–Crippen LogP) is 1.78. The molecule has 1 N–H and O–H groups in total. The molecule has 1 aromatic carbocycles. The number of carbonyl (C=O) groups is 2. The highest BCUT2D eigenvalue weighted by Gasteiger charge is 2.22. The summed E-state index contributed by atoms with van der Waals surface area (Å²) in [5, 5.41) is 3.54. The number of rotatable bonds is 3. The summed E-state index contributed by atoms with van der Waals surface area (Å²) in [5.41, 5.74) is -0.136. The number of carbonyl (C=O) groups excluding carboxylic acids is 2. The summed E-state index contributed by atoms with van der Waals surface area (Å²) < 4.78 is 5.19. The number of piperidine rings is 1. The second-order valence-electron chi connectivity index (χ2n) is 6.14. The van der Waals surface area contributed by atoms with Crippen molar-refractivity contribution in [3.63, 3.8) is 0 Å². The number of fused-ring (bicyclic) bond motifs is 1. The van der Waals surface area contributed by atoms with Crippen molar-refractivity contribution in [3.05, 3.63) is 46.3 Å². The van der Waals surface area contributed by atoms with Crippen LogP contribution in [-0.2, 0) is 4.79 Å². The largest absolute Gasteiger partial charge is 0.422 e. The fourth-order valence-corrected chi connectivity index (χ4v) is 3.00. The molecule has 1 fully saturated rings. The Morgan fingerprint density at radius 2 is 1.96 bits per heavy atom. The third kappa shape index (κ3) is 3.48. The normalized spacial score (nSPS) is 15.5. The number of nitrogens with zero attached hydrogens (tertiary/aromatic N) is 1. The van der Waals surface area contributed by atoms with Gasteiger partial charge in [-0.25, -0.2) is 4.79 Å². The maximum atomic E-state index is 12.3. The van der Waals surface area contributed by atoms with E-state index in [9.17, 15) is 14.4 Å². The topological polar surface area (TPSA) is 79.6 Å². The highest BCUT2D eigenvalue weighted by atomic mass is 16.4. The highest BCUT2D eigenvalue weighted by Crippen LogP contribution is 2.17. The van der Waals surface area contributed by atoms with Crippen LogP contribution in [0.4, 0.5) is 0 Å². The molecule has 2 aromatic rings. The van der Waals surface area contributed by atoms with Gasteiger partial charge in [-0.1, -0.05) is 18.2 Å². The van der Waals surface area contributed by atoms with Gasteiger partial charge in [-0.3, -0.25) is 9.59 Å². The first-order valence-electron chi connectivity index (χ1n) is 8.11. The number of hydrogen-bond acceptors (Lipinski definition) is 4. The monoisotopic (exact) mass is 328 g/mol. The second-order valence-corrected chi connectivity index (χ2v) is 6.14. The third-order valence-electron chi connectivity index (χ3n) is 4.50. The molecule has 6 nitrogen and oxygen atoms in total. The molecule has 0 unspecified atom stereocenters. The van der Waals surface area contributed by atoms with Crippen LogP contribution in [0.15, 0.2) is 39.5 Å². The summed E-state index contributed by atoms with van der Waals surface area (Å²) in [6.07, 6.45) is 1.71. The Bertz CT molecular complexity index is 819. The average molecular weight is 328 g/mol. The number of amides is 2. The van der Waals surface area contributed by atoms with E-state index in [0.717, 1.165) is 18.2 Å². The van der Waals surface area contributed by atoms with Crippen LogP contribution in [0.1, 0.15) is 30.1 Å². The Morgan fingerprint density at radius 3 is 2.67 bits per heavy atom. The number of likely N-dealkylation sites (tertiary alicyclic amines) is 1. The minimum atomic E-state index is -0.627. The van der Waals surface area contributed by atoms with Crippen molar-refractivity contribution in [2.75, 3.05) is 19.6 Å². The second kappa shape index (κ2) is 6.86. The standard InChI is InChI=1S/C18H20N2O4/c1-12(21)20-8-6-13(7-9-20)11-19-17(22)15-10-14-4-2-3-5-16(14)24-18(15)23/h2-5,10,13H,6-9,11H2,1H3,(H,19,22). The fraction of sp³-hybridized carbons (Fsp3) is 0.389. The van der Waals surface area contributed by atoms with Gasteiger partial charge in [0, 0.05) is 31.9 Å². The Hall–Kier alpha value is -2.63. The minimum Gasteiger partial charge on any atom is -0.422 e. The molecule has 1 aromatic heterocycles. The molecular weight excluding hydrogens is 308 g/mol. The van der Waals surface area contributed by atoms with E-state index in [1.165, 1.54) is 0 Å². The first-order chi connectivity index (χ1) is 11.5.